The third kappa shape index (κ3) is 3.25. The van der Waals surface area contributed by atoms with Gasteiger partial charge in [0.1, 0.15) is 0 Å². The van der Waals surface area contributed by atoms with Crippen LogP contribution in [0.4, 0.5) is 5.69 Å². The fraction of sp³-hybridized carbons (Fsp3) is 0.200. The smallest absolute Gasteiger partial charge is 0.332 e. The molecular formula is C10H10N2O6. The Morgan fingerprint density at radius 1 is 1.50 bits per heavy atom. The fourth-order valence-corrected chi connectivity index (χ4v) is 1.29. The monoisotopic (exact) mass is 254 g/mol. The lowest BCUT2D eigenvalue weighted by Gasteiger charge is -2.06. The second-order valence-electron chi connectivity index (χ2n) is 3.32. The van der Waals surface area contributed by atoms with Crippen molar-refractivity contribution in [3.05, 3.63) is 39.4 Å². The van der Waals surface area contributed by atoms with Crippen LogP contribution >= 0.6 is 0 Å². The van der Waals surface area contributed by atoms with Crippen LogP contribution in [0.5, 0.6) is 0 Å². The molecule has 0 atom stereocenters. The maximum Gasteiger partial charge on any atom is 0.332 e. The summed E-state index contributed by atoms with van der Waals surface area (Å²) in [5.41, 5.74) is 1.93. The molecule has 0 spiro atoms. The lowest BCUT2D eigenvalue weighted by atomic mass is 10.1. The summed E-state index contributed by atoms with van der Waals surface area (Å²) in [7, 11) is 0. The highest BCUT2D eigenvalue weighted by molar-refractivity contribution is 5.95. The van der Waals surface area contributed by atoms with Crippen molar-refractivity contribution in [2.75, 3.05) is 6.61 Å². The number of aliphatic carboxylic acids is 1. The van der Waals surface area contributed by atoms with Gasteiger partial charge < -0.3 is 5.11 Å². The SMILES string of the molecule is Cc1c(C(=O)NOCC(=O)O)cccc1[N+](=O)[O-]. The Morgan fingerprint density at radius 3 is 2.72 bits per heavy atom. The quantitative estimate of drug-likeness (QED) is 0.588. The second-order valence-corrected chi connectivity index (χ2v) is 3.32. The number of carbonyl (C=O) groups is 2. The van der Waals surface area contributed by atoms with E-state index in [0.29, 0.717) is 0 Å². The molecule has 1 rings (SSSR count). The number of carboxylic acids is 1. The van der Waals surface area contributed by atoms with Crippen LogP contribution in [0.25, 0.3) is 0 Å². The van der Waals surface area contributed by atoms with Crippen molar-refractivity contribution in [3.63, 3.8) is 0 Å². The van der Waals surface area contributed by atoms with E-state index in [2.05, 4.69) is 4.84 Å². The molecule has 0 aromatic heterocycles. The Labute approximate surface area is 101 Å². The van der Waals surface area contributed by atoms with Crippen LogP contribution in [0.1, 0.15) is 15.9 Å². The summed E-state index contributed by atoms with van der Waals surface area (Å²) in [5, 5.41) is 19.0. The maximum absolute atomic E-state index is 11.6. The molecule has 18 heavy (non-hydrogen) atoms. The molecule has 96 valence electrons. The topological polar surface area (TPSA) is 119 Å². The molecule has 0 unspecified atom stereocenters. The summed E-state index contributed by atoms with van der Waals surface area (Å²) in [5.74, 6) is -1.98. The van der Waals surface area contributed by atoms with Crippen LogP contribution in [-0.2, 0) is 9.63 Å². The lowest BCUT2D eigenvalue weighted by Crippen LogP contribution is -2.27. The van der Waals surface area contributed by atoms with Gasteiger partial charge >= 0.3 is 5.97 Å². The molecule has 1 amide bonds. The number of nitro benzene ring substituents is 1. The van der Waals surface area contributed by atoms with E-state index in [1.165, 1.54) is 25.1 Å². The minimum Gasteiger partial charge on any atom is -0.479 e. The third-order valence-electron chi connectivity index (χ3n) is 2.11. The molecular weight excluding hydrogens is 244 g/mol. The van der Waals surface area contributed by atoms with Gasteiger partial charge in [-0.05, 0) is 13.0 Å². The summed E-state index contributed by atoms with van der Waals surface area (Å²) in [6.45, 7) is 0.726. The molecule has 0 heterocycles. The van der Waals surface area contributed by atoms with Crippen LogP contribution in [0.2, 0.25) is 0 Å². The summed E-state index contributed by atoms with van der Waals surface area (Å²) >= 11 is 0. The van der Waals surface area contributed by atoms with E-state index in [-0.39, 0.29) is 16.8 Å². The number of amides is 1. The predicted molar refractivity (Wildman–Crippen MR) is 58.9 cm³/mol. The number of nitrogens with one attached hydrogen (secondary N) is 1. The number of nitro groups is 1. The van der Waals surface area contributed by atoms with E-state index in [1.807, 2.05) is 5.48 Å². The van der Waals surface area contributed by atoms with Gasteiger partial charge in [-0.2, -0.15) is 0 Å². The van der Waals surface area contributed by atoms with Crippen LogP contribution in [0, 0.1) is 17.0 Å². The third-order valence-corrected chi connectivity index (χ3v) is 2.11. The van der Waals surface area contributed by atoms with Gasteiger partial charge in [-0.3, -0.25) is 19.7 Å². The number of carboxylic acid groups (broad SMARTS) is 1. The Bertz CT molecular complexity index is 499. The van der Waals surface area contributed by atoms with E-state index >= 15 is 0 Å². The standard InChI is InChI=1S/C10H10N2O6/c1-6-7(3-2-4-8(6)12(16)17)10(15)11-18-5-9(13)14/h2-4H,5H2,1H3,(H,11,15)(H,13,14). The molecule has 1 aromatic rings. The van der Waals surface area contributed by atoms with Gasteiger partial charge in [0.05, 0.1) is 10.5 Å². The average molecular weight is 254 g/mol. The molecule has 0 saturated carbocycles. The zero-order valence-electron chi connectivity index (χ0n) is 9.37. The molecule has 8 nitrogen and oxygen atoms in total. The first-order valence-corrected chi connectivity index (χ1v) is 4.81. The first-order valence-electron chi connectivity index (χ1n) is 4.81. The largest absolute Gasteiger partial charge is 0.479 e. The van der Waals surface area contributed by atoms with Crippen molar-refractivity contribution in [1.82, 2.24) is 5.48 Å². The first-order chi connectivity index (χ1) is 8.43. The number of nitrogens with zero attached hydrogens (tertiary/aromatic N) is 1. The molecule has 1 aromatic carbocycles. The van der Waals surface area contributed by atoms with Crippen molar-refractivity contribution in [2.24, 2.45) is 0 Å². The molecule has 0 aliphatic rings. The van der Waals surface area contributed by atoms with E-state index < -0.39 is 23.4 Å². The number of benzene rings is 1. The van der Waals surface area contributed by atoms with Crippen molar-refractivity contribution in [3.8, 4) is 0 Å². The van der Waals surface area contributed by atoms with E-state index in [9.17, 15) is 19.7 Å². The maximum atomic E-state index is 11.6. The van der Waals surface area contributed by atoms with E-state index in [1.54, 1.807) is 0 Å². The zero-order chi connectivity index (χ0) is 13.7. The summed E-state index contributed by atoms with van der Waals surface area (Å²) in [6, 6.07) is 4.00. The average Bonchev–Trinajstić information content (AvgIpc) is 2.28. The van der Waals surface area contributed by atoms with Gasteiger partial charge in [0.2, 0.25) is 0 Å². The first kappa shape index (κ1) is 13.6. The highest BCUT2D eigenvalue weighted by Gasteiger charge is 2.18. The van der Waals surface area contributed by atoms with E-state index in [4.69, 9.17) is 5.11 Å². The van der Waals surface area contributed by atoms with Crippen LogP contribution < -0.4 is 5.48 Å². The number of hydrogen-bond donors (Lipinski definition) is 2. The van der Waals surface area contributed by atoms with Gasteiger partial charge in [0.15, 0.2) is 6.61 Å². The van der Waals surface area contributed by atoms with Gasteiger partial charge in [-0.15, -0.1) is 0 Å². The van der Waals surface area contributed by atoms with Crippen LogP contribution in [0.15, 0.2) is 18.2 Å². The van der Waals surface area contributed by atoms with Crippen molar-refractivity contribution in [1.29, 1.82) is 0 Å². The molecule has 0 fully saturated rings. The fourth-order valence-electron chi connectivity index (χ4n) is 1.29. The lowest BCUT2D eigenvalue weighted by molar-refractivity contribution is -0.385. The predicted octanol–water partition coefficient (Wildman–Crippen LogP) is 0.649. The van der Waals surface area contributed by atoms with Crippen molar-refractivity contribution < 1.29 is 24.5 Å². The van der Waals surface area contributed by atoms with Crippen LogP contribution in [-0.4, -0.2) is 28.5 Å². The summed E-state index contributed by atoms with van der Waals surface area (Å²) < 4.78 is 0. The summed E-state index contributed by atoms with van der Waals surface area (Å²) in [6.07, 6.45) is 0. The van der Waals surface area contributed by atoms with Gasteiger partial charge in [-0.1, -0.05) is 6.07 Å². The second kappa shape index (κ2) is 5.73. The Kier molecular flexibility index (Phi) is 4.33. The van der Waals surface area contributed by atoms with Gasteiger partial charge in [0.25, 0.3) is 11.6 Å². The molecule has 0 aliphatic carbocycles. The molecule has 0 aliphatic heterocycles. The van der Waals surface area contributed by atoms with Crippen molar-refractivity contribution >= 4 is 17.6 Å². The van der Waals surface area contributed by atoms with Gasteiger partial charge in [0, 0.05) is 11.6 Å². The number of carbonyl (C=O) groups excluding carboxylic acids is 1. The number of rotatable bonds is 5. The molecule has 0 saturated heterocycles. The Balaban J connectivity index is 2.83. The van der Waals surface area contributed by atoms with Crippen LogP contribution in [0.3, 0.4) is 0 Å². The molecule has 0 radical (unpaired) electrons. The Morgan fingerprint density at radius 2 is 2.17 bits per heavy atom. The number of hydroxylamine groups is 1. The molecule has 8 heteroatoms. The Hall–Kier alpha value is -2.48. The minimum absolute atomic E-state index is 0.0505. The number of hydrogen-bond acceptors (Lipinski definition) is 5. The highest BCUT2D eigenvalue weighted by Crippen LogP contribution is 2.20. The van der Waals surface area contributed by atoms with E-state index in [0.717, 1.165) is 0 Å². The van der Waals surface area contributed by atoms with Crippen molar-refractivity contribution in [2.45, 2.75) is 6.92 Å². The normalized spacial score (nSPS) is 9.83. The zero-order valence-corrected chi connectivity index (χ0v) is 9.37. The van der Waals surface area contributed by atoms with Gasteiger partial charge in [-0.25, -0.2) is 10.3 Å². The minimum atomic E-state index is -1.24. The molecule has 0 bridgehead atoms. The summed E-state index contributed by atoms with van der Waals surface area (Å²) in [4.78, 5) is 36.2. The highest BCUT2D eigenvalue weighted by atomic mass is 16.7. The molecule has 2 N–H and O–H groups in total.